The standard InChI is InChI=1S/C12H16N4OS/c1-6-5-8-10(14-9-3-4-17-7(9)2)15-12(13)16-11(8)18-6/h5,7,9H,3-4H2,1-2H3,(H3,13,14,15,16). The minimum Gasteiger partial charge on any atom is -0.376 e. The first-order valence-corrected chi connectivity index (χ1v) is 6.87. The van der Waals surface area contributed by atoms with E-state index in [0.29, 0.717) is 12.0 Å². The molecule has 0 aliphatic carbocycles. The lowest BCUT2D eigenvalue weighted by molar-refractivity contribution is 0.121. The summed E-state index contributed by atoms with van der Waals surface area (Å²) in [6.07, 6.45) is 1.20. The molecule has 1 aliphatic rings. The summed E-state index contributed by atoms with van der Waals surface area (Å²) in [5.41, 5.74) is 5.76. The van der Waals surface area contributed by atoms with Crippen molar-refractivity contribution in [1.82, 2.24) is 9.97 Å². The average molecular weight is 264 g/mol. The fraction of sp³-hybridized carbons (Fsp3) is 0.500. The molecule has 18 heavy (non-hydrogen) atoms. The number of nitrogens with one attached hydrogen (secondary N) is 1. The predicted molar refractivity (Wildman–Crippen MR) is 74.0 cm³/mol. The van der Waals surface area contributed by atoms with E-state index in [1.165, 1.54) is 4.88 Å². The molecule has 0 aromatic carbocycles. The SMILES string of the molecule is Cc1cc2c(NC3CCOC3C)nc(N)nc2s1. The van der Waals surface area contributed by atoms with Crippen molar-refractivity contribution in [2.45, 2.75) is 32.4 Å². The molecule has 1 fully saturated rings. The van der Waals surface area contributed by atoms with E-state index in [1.54, 1.807) is 11.3 Å². The molecule has 2 unspecified atom stereocenters. The van der Waals surface area contributed by atoms with Gasteiger partial charge in [-0.2, -0.15) is 4.98 Å². The largest absolute Gasteiger partial charge is 0.376 e. The Balaban J connectivity index is 1.99. The number of hydrogen-bond donors (Lipinski definition) is 2. The Bertz CT molecular complexity index is 583. The van der Waals surface area contributed by atoms with Crippen LogP contribution in [0.5, 0.6) is 0 Å². The molecular weight excluding hydrogens is 248 g/mol. The number of rotatable bonds is 2. The van der Waals surface area contributed by atoms with E-state index < -0.39 is 0 Å². The Morgan fingerprint density at radius 1 is 1.50 bits per heavy atom. The molecule has 0 amide bonds. The molecule has 1 saturated heterocycles. The molecule has 3 heterocycles. The van der Waals surface area contributed by atoms with Gasteiger partial charge in [0, 0.05) is 11.5 Å². The fourth-order valence-electron chi connectivity index (χ4n) is 2.27. The zero-order valence-corrected chi connectivity index (χ0v) is 11.3. The van der Waals surface area contributed by atoms with Gasteiger partial charge in [0.05, 0.1) is 17.5 Å². The fourth-order valence-corrected chi connectivity index (χ4v) is 3.15. The molecule has 2 aromatic rings. The summed E-state index contributed by atoms with van der Waals surface area (Å²) in [4.78, 5) is 10.7. The molecule has 5 nitrogen and oxygen atoms in total. The summed E-state index contributed by atoms with van der Waals surface area (Å²) in [6.45, 7) is 4.93. The molecule has 1 aliphatic heterocycles. The second-order valence-electron chi connectivity index (χ2n) is 4.62. The highest BCUT2D eigenvalue weighted by atomic mass is 32.1. The molecule has 3 N–H and O–H groups in total. The van der Waals surface area contributed by atoms with E-state index >= 15 is 0 Å². The summed E-state index contributed by atoms with van der Waals surface area (Å²) in [5, 5.41) is 4.49. The van der Waals surface area contributed by atoms with Gasteiger partial charge < -0.3 is 15.8 Å². The lowest BCUT2D eigenvalue weighted by Crippen LogP contribution is -2.27. The summed E-state index contributed by atoms with van der Waals surface area (Å²) in [5.74, 6) is 1.14. The van der Waals surface area contributed by atoms with Crippen LogP contribution < -0.4 is 11.1 Å². The monoisotopic (exact) mass is 264 g/mol. The van der Waals surface area contributed by atoms with Gasteiger partial charge in [-0.3, -0.25) is 0 Å². The molecule has 0 saturated carbocycles. The van der Waals surface area contributed by atoms with Crippen LogP contribution in [0.15, 0.2) is 6.07 Å². The first-order chi connectivity index (χ1) is 8.63. The van der Waals surface area contributed by atoms with Crippen LogP contribution in [0.3, 0.4) is 0 Å². The number of fused-ring (bicyclic) bond motifs is 1. The van der Waals surface area contributed by atoms with Gasteiger partial charge in [0.15, 0.2) is 0 Å². The van der Waals surface area contributed by atoms with Gasteiger partial charge in [0.25, 0.3) is 0 Å². The molecule has 3 rings (SSSR count). The number of anilines is 2. The third-order valence-corrected chi connectivity index (χ3v) is 4.18. The number of aryl methyl sites for hydroxylation is 1. The average Bonchev–Trinajstić information content (AvgIpc) is 2.85. The number of nitrogens with two attached hydrogens (primary N) is 1. The number of nitrogens with zero attached hydrogens (tertiary/aromatic N) is 2. The van der Waals surface area contributed by atoms with Crippen LogP contribution >= 0.6 is 11.3 Å². The lowest BCUT2D eigenvalue weighted by atomic mass is 10.1. The van der Waals surface area contributed by atoms with Crippen molar-refractivity contribution in [3.8, 4) is 0 Å². The Kier molecular flexibility index (Phi) is 2.83. The van der Waals surface area contributed by atoms with Crippen LogP contribution in [0.2, 0.25) is 0 Å². The van der Waals surface area contributed by atoms with E-state index in [-0.39, 0.29) is 6.10 Å². The van der Waals surface area contributed by atoms with Crippen molar-refractivity contribution >= 4 is 33.3 Å². The van der Waals surface area contributed by atoms with E-state index in [1.807, 2.05) is 0 Å². The molecule has 96 valence electrons. The third kappa shape index (κ3) is 2.02. The Morgan fingerprint density at radius 3 is 3.06 bits per heavy atom. The van der Waals surface area contributed by atoms with Crippen LogP contribution in [0, 0.1) is 6.92 Å². The van der Waals surface area contributed by atoms with Crippen molar-refractivity contribution in [3.05, 3.63) is 10.9 Å². The summed E-state index contributed by atoms with van der Waals surface area (Å²) in [7, 11) is 0. The number of nitrogen functional groups attached to an aromatic ring is 1. The molecule has 2 aromatic heterocycles. The van der Waals surface area contributed by atoms with Crippen LogP contribution in [0.4, 0.5) is 11.8 Å². The van der Waals surface area contributed by atoms with Gasteiger partial charge >= 0.3 is 0 Å². The van der Waals surface area contributed by atoms with Crippen LogP contribution in [0.1, 0.15) is 18.2 Å². The van der Waals surface area contributed by atoms with Gasteiger partial charge in [0.1, 0.15) is 10.6 Å². The van der Waals surface area contributed by atoms with Crippen LogP contribution in [0.25, 0.3) is 10.2 Å². The van der Waals surface area contributed by atoms with Crippen molar-refractivity contribution in [2.24, 2.45) is 0 Å². The second kappa shape index (κ2) is 4.37. The van der Waals surface area contributed by atoms with Crippen LogP contribution in [-0.4, -0.2) is 28.7 Å². The normalized spacial score (nSPS) is 23.7. The minimum atomic E-state index is 0.205. The van der Waals surface area contributed by atoms with E-state index in [9.17, 15) is 0 Å². The van der Waals surface area contributed by atoms with Crippen molar-refractivity contribution < 1.29 is 4.74 Å². The van der Waals surface area contributed by atoms with E-state index in [4.69, 9.17) is 10.5 Å². The molecule has 0 spiro atoms. The van der Waals surface area contributed by atoms with Gasteiger partial charge in [-0.25, -0.2) is 4.98 Å². The van der Waals surface area contributed by atoms with E-state index in [2.05, 4.69) is 35.2 Å². The Morgan fingerprint density at radius 2 is 2.33 bits per heavy atom. The van der Waals surface area contributed by atoms with Crippen molar-refractivity contribution in [3.63, 3.8) is 0 Å². The minimum absolute atomic E-state index is 0.205. The van der Waals surface area contributed by atoms with Gasteiger partial charge in [0.2, 0.25) is 5.95 Å². The zero-order valence-electron chi connectivity index (χ0n) is 10.4. The Labute approximate surface area is 109 Å². The highest BCUT2D eigenvalue weighted by Crippen LogP contribution is 2.30. The molecule has 0 bridgehead atoms. The molecule has 2 atom stereocenters. The number of ether oxygens (including phenoxy) is 1. The smallest absolute Gasteiger partial charge is 0.223 e. The van der Waals surface area contributed by atoms with Gasteiger partial charge in [-0.05, 0) is 26.3 Å². The molecule has 6 heteroatoms. The highest BCUT2D eigenvalue weighted by molar-refractivity contribution is 7.18. The van der Waals surface area contributed by atoms with Gasteiger partial charge in [-0.15, -0.1) is 11.3 Å². The van der Waals surface area contributed by atoms with Crippen LogP contribution in [-0.2, 0) is 4.74 Å². The quantitative estimate of drug-likeness (QED) is 0.869. The lowest BCUT2D eigenvalue weighted by Gasteiger charge is -2.17. The molecular formula is C12H16N4OS. The summed E-state index contributed by atoms with van der Waals surface area (Å²) >= 11 is 1.64. The summed E-state index contributed by atoms with van der Waals surface area (Å²) < 4.78 is 5.55. The number of aromatic nitrogens is 2. The Hall–Kier alpha value is -1.40. The van der Waals surface area contributed by atoms with Crippen molar-refractivity contribution in [1.29, 1.82) is 0 Å². The van der Waals surface area contributed by atoms with E-state index in [0.717, 1.165) is 29.1 Å². The third-order valence-electron chi connectivity index (χ3n) is 3.23. The predicted octanol–water partition coefficient (Wildman–Crippen LogP) is 2.17. The molecule has 0 radical (unpaired) electrons. The van der Waals surface area contributed by atoms with Gasteiger partial charge in [-0.1, -0.05) is 0 Å². The van der Waals surface area contributed by atoms with Crippen molar-refractivity contribution in [2.75, 3.05) is 17.7 Å². The summed E-state index contributed by atoms with van der Waals surface area (Å²) in [6, 6.07) is 2.39. The number of hydrogen-bond acceptors (Lipinski definition) is 6. The topological polar surface area (TPSA) is 73.1 Å². The maximum Gasteiger partial charge on any atom is 0.223 e. The second-order valence-corrected chi connectivity index (χ2v) is 5.86. The maximum atomic E-state index is 5.76. The highest BCUT2D eigenvalue weighted by Gasteiger charge is 2.25. The maximum absolute atomic E-state index is 5.76. The first-order valence-electron chi connectivity index (χ1n) is 6.05. The first kappa shape index (κ1) is 11.7. The number of thiophene rings is 1. The zero-order chi connectivity index (χ0) is 12.7.